The first-order valence-electron chi connectivity index (χ1n) is 10.4. The van der Waals surface area contributed by atoms with Crippen LogP contribution in [0.3, 0.4) is 0 Å². The number of nitrogens with two attached hydrogens (primary N) is 1. The summed E-state index contributed by atoms with van der Waals surface area (Å²) in [4.78, 5) is 31.0. The quantitative estimate of drug-likeness (QED) is 0.305. The van der Waals surface area contributed by atoms with E-state index in [4.69, 9.17) is 11.1 Å². The van der Waals surface area contributed by atoms with Gasteiger partial charge in [0.05, 0.1) is 22.2 Å². The van der Waals surface area contributed by atoms with Crippen molar-refractivity contribution in [3.05, 3.63) is 71.7 Å². The fourth-order valence-electron chi connectivity index (χ4n) is 4.80. The molecule has 0 saturated carbocycles. The summed E-state index contributed by atoms with van der Waals surface area (Å²) in [6, 6.07) is 13.6. The number of nitrogens with one attached hydrogen (secondary N) is 2. The van der Waals surface area contributed by atoms with Crippen LogP contribution >= 0.6 is 11.8 Å². The predicted molar refractivity (Wildman–Crippen MR) is 128 cm³/mol. The highest BCUT2D eigenvalue weighted by Gasteiger charge is 2.54. The molecule has 0 saturated heterocycles. The SMILES string of the molecule is CCC(SC(=N)N)C1(C2=C(n3ccc4ccccc43)C(=O)NC2=O)C=Nc2ccc(F)cc21. The van der Waals surface area contributed by atoms with Gasteiger partial charge >= 0.3 is 0 Å². The van der Waals surface area contributed by atoms with E-state index < -0.39 is 28.3 Å². The van der Waals surface area contributed by atoms with Gasteiger partial charge in [-0.05, 0) is 47.7 Å². The van der Waals surface area contributed by atoms with Crippen molar-refractivity contribution in [1.82, 2.24) is 9.88 Å². The van der Waals surface area contributed by atoms with Crippen LogP contribution in [0.1, 0.15) is 18.9 Å². The molecule has 2 atom stereocenters. The topological polar surface area (TPSA) is 113 Å². The van der Waals surface area contributed by atoms with Gasteiger partial charge in [0.15, 0.2) is 5.17 Å². The van der Waals surface area contributed by atoms with Crippen LogP contribution in [0.25, 0.3) is 16.6 Å². The van der Waals surface area contributed by atoms with E-state index in [1.165, 1.54) is 12.1 Å². The van der Waals surface area contributed by atoms with Crippen LogP contribution in [0, 0.1) is 11.2 Å². The van der Waals surface area contributed by atoms with Gasteiger partial charge in [-0.1, -0.05) is 36.9 Å². The summed E-state index contributed by atoms with van der Waals surface area (Å²) >= 11 is 1.07. The van der Waals surface area contributed by atoms with Crippen molar-refractivity contribution in [3.63, 3.8) is 0 Å². The molecule has 33 heavy (non-hydrogen) atoms. The molecule has 0 spiro atoms. The third kappa shape index (κ3) is 3.11. The van der Waals surface area contributed by atoms with Crippen molar-refractivity contribution in [2.75, 3.05) is 0 Å². The minimum atomic E-state index is -1.26. The highest BCUT2D eigenvalue weighted by molar-refractivity contribution is 8.14. The van der Waals surface area contributed by atoms with E-state index in [2.05, 4.69) is 10.3 Å². The molecule has 166 valence electrons. The highest BCUT2D eigenvalue weighted by atomic mass is 32.2. The third-order valence-electron chi connectivity index (χ3n) is 6.12. The molecule has 5 rings (SSSR count). The minimum Gasteiger partial charge on any atom is -0.379 e. The first kappa shape index (κ1) is 21.1. The number of amidine groups is 1. The normalized spacial score (nSPS) is 20.4. The zero-order chi connectivity index (χ0) is 23.3. The number of benzene rings is 2. The van der Waals surface area contributed by atoms with Crippen LogP contribution in [0.2, 0.25) is 0 Å². The third-order valence-corrected chi connectivity index (χ3v) is 7.36. The Labute approximate surface area is 193 Å². The molecule has 0 aliphatic carbocycles. The Kier molecular flexibility index (Phi) is 4.93. The number of nitrogens with zero attached hydrogens (tertiary/aromatic N) is 2. The molecule has 0 fully saturated rings. The summed E-state index contributed by atoms with van der Waals surface area (Å²) < 4.78 is 16.1. The summed E-state index contributed by atoms with van der Waals surface area (Å²) in [5.41, 5.74) is 6.55. The van der Waals surface area contributed by atoms with Crippen LogP contribution < -0.4 is 11.1 Å². The van der Waals surface area contributed by atoms with Crippen molar-refractivity contribution >= 4 is 57.2 Å². The van der Waals surface area contributed by atoms with Crippen molar-refractivity contribution < 1.29 is 14.0 Å². The van der Waals surface area contributed by atoms with Gasteiger partial charge in [-0.3, -0.25) is 25.3 Å². The maximum Gasteiger partial charge on any atom is 0.275 e. The minimum absolute atomic E-state index is 0.141. The van der Waals surface area contributed by atoms with Gasteiger partial charge in [-0.2, -0.15) is 0 Å². The first-order valence-corrected chi connectivity index (χ1v) is 11.3. The van der Waals surface area contributed by atoms with Gasteiger partial charge in [-0.15, -0.1) is 0 Å². The fourth-order valence-corrected chi connectivity index (χ4v) is 5.76. The molecule has 0 bridgehead atoms. The number of imide groups is 1. The molecule has 2 aliphatic rings. The van der Waals surface area contributed by atoms with Crippen molar-refractivity contribution in [2.24, 2.45) is 10.7 Å². The van der Waals surface area contributed by atoms with Crippen LogP contribution in [0.5, 0.6) is 0 Å². The van der Waals surface area contributed by atoms with Crippen LogP contribution in [-0.4, -0.2) is 33.0 Å². The van der Waals surface area contributed by atoms with Gasteiger partial charge in [0.1, 0.15) is 11.5 Å². The largest absolute Gasteiger partial charge is 0.379 e. The number of hydrogen-bond donors (Lipinski definition) is 3. The number of amides is 2. The Bertz CT molecular complexity index is 1410. The fraction of sp³-hybridized carbons (Fsp3) is 0.167. The number of thioether (sulfide) groups is 1. The molecular formula is C24H20FN5O2S. The predicted octanol–water partition coefficient (Wildman–Crippen LogP) is 3.71. The number of rotatable bonds is 5. The Hall–Kier alpha value is -3.72. The van der Waals surface area contributed by atoms with Crippen molar-refractivity contribution in [1.29, 1.82) is 5.41 Å². The number of hydrogen-bond acceptors (Lipinski definition) is 5. The Morgan fingerprint density at radius 1 is 1.24 bits per heavy atom. The molecule has 2 unspecified atom stereocenters. The first-order chi connectivity index (χ1) is 15.9. The summed E-state index contributed by atoms with van der Waals surface area (Å²) in [5, 5.41) is 10.6. The number of aliphatic imine (C=N–C) groups is 1. The number of aromatic nitrogens is 1. The molecule has 0 radical (unpaired) electrons. The zero-order valence-corrected chi connectivity index (χ0v) is 18.4. The lowest BCUT2D eigenvalue weighted by Crippen LogP contribution is -2.44. The lowest BCUT2D eigenvalue weighted by atomic mass is 9.71. The number of carbonyl (C=O) groups excluding carboxylic acids is 2. The molecule has 9 heteroatoms. The van der Waals surface area contributed by atoms with Gasteiger partial charge < -0.3 is 10.3 Å². The lowest BCUT2D eigenvalue weighted by Gasteiger charge is -2.36. The molecule has 2 aromatic carbocycles. The number of carbonyl (C=O) groups is 2. The number of halogens is 1. The maximum atomic E-state index is 14.5. The van der Waals surface area contributed by atoms with E-state index >= 15 is 0 Å². The summed E-state index contributed by atoms with van der Waals surface area (Å²) in [6.07, 6.45) is 3.82. The Balaban J connectivity index is 1.87. The highest BCUT2D eigenvalue weighted by Crippen LogP contribution is 2.51. The Morgan fingerprint density at radius 2 is 2.03 bits per heavy atom. The zero-order valence-electron chi connectivity index (χ0n) is 17.6. The second-order valence-corrected chi connectivity index (χ2v) is 9.16. The second kappa shape index (κ2) is 7.70. The molecular weight excluding hydrogens is 441 g/mol. The van der Waals surface area contributed by atoms with E-state index in [0.717, 1.165) is 22.7 Å². The van der Waals surface area contributed by atoms with E-state index in [0.29, 0.717) is 17.7 Å². The van der Waals surface area contributed by atoms with E-state index in [9.17, 15) is 14.0 Å². The maximum absolute atomic E-state index is 14.5. The molecule has 2 aliphatic heterocycles. The number of fused-ring (bicyclic) bond motifs is 2. The van der Waals surface area contributed by atoms with Crippen molar-refractivity contribution in [3.8, 4) is 0 Å². The number of para-hydroxylation sites is 1. The molecule has 1 aromatic heterocycles. The molecule has 3 heterocycles. The smallest absolute Gasteiger partial charge is 0.275 e. The van der Waals surface area contributed by atoms with Gasteiger partial charge in [-0.25, -0.2) is 4.39 Å². The van der Waals surface area contributed by atoms with Gasteiger partial charge in [0.25, 0.3) is 11.8 Å². The molecule has 3 aromatic rings. The van der Waals surface area contributed by atoms with Crippen LogP contribution in [0.4, 0.5) is 10.1 Å². The summed E-state index contributed by atoms with van der Waals surface area (Å²) in [5.74, 6) is -1.60. The lowest BCUT2D eigenvalue weighted by molar-refractivity contribution is -0.123. The second-order valence-electron chi connectivity index (χ2n) is 7.92. The van der Waals surface area contributed by atoms with Gasteiger partial charge in [0.2, 0.25) is 0 Å². The summed E-state index contributed by atoms with van der Waals surface area (Å²) in [6.45, 7) is 1.90. The monoisotopic (exact) mass is 461 g/mol. The Morgan fingerprint density at radius 3 is 2.79 bits per heavy atom. The molecule has 2 amide bonds. The van der Waals surface area contributed by atoms with E-state index in [1.54, 1.807) is 23.0 Å². The van der Waals surface area contributed by atoms with Crippen LogP contribution in [-0.2, 0) is 15.0 Å². The van der Waals surface area contributed by atoms with E-state index in [1.807, 2.05) is 37.3 Å². The van der Waals surface area contributed by atoms with E-state index in [-0.39, 0.29) is 16.4 Å². The average Bonchev–Trinajstić information content (AvgIpc) is 3.45. The molecule has 4 N–H and O–H groups in total. The van der Waals surface area contributed by atoms with Crippen molar-refractivity contribution in [2.45, 2.75) is 24.0 Å². The average molecular weight is 462 g/mol. The van der Waals surface area contributed by atoms with Crippen LogP contribution in [0.15, 0.2) is 65.3 Å². The molecule has 7 nitrogen and oxygen atoms in total. The standard InChI is InChI=1S/C24H20FN5O2S/c1-2-18(33-23(26)27)24(12-28-16-8-7-14(25)11-15(16)24)19-20(22(32)29-21(19)31)30-10-9-13-5-3-4-6-17(13)30/h3-12,18H,2H2,1H3,(H3,26,27)(H,29,31,32). The van der Waals surface area contributed by atoms with Gasteiger partial charge in [0, 0.05) is 17.7 Å². The summed E-state index contributed by atoms with van der Waals surface area (Å²) in [7, 11) is 0.